The highest BCUT2D eigenvalue weighted by Crippen LogP contribution is 2.30. The molecule has 0 aromatic heterocycles. The Morgan fingerprint density at radius 2 is 1.86 bits per heavy atom. The Morgan fingerprint density at radius 3 is 2.48 bits per heavy atom. The molecule has 2 aromatic rings. The molecular weight excluding hydrogens is 302 g/mol. The molecule has 112 valence electrons. The van der Waals surface area contributed by atoms with Gasteiger partial charge in [0.15, 0.2) is 0 Å². The third-order valence-electron chi connectivity index (χ3n) is 3.18. The van der Waals surface area contributed by atoms with Crippen molar-refractivity contribution in [3.8, 4) is 5.75 Å². The molecule has 1 unspecified atom stereocenters. The minimum absolute atomic E-state index is 0.280. The molecule has 1 N–H and O–H groups in total. The lowest BCUT2D eigenvalue weighted by Gasteiger charge is -2.17. The van der Waals surface area contributed by atoms with Gasteiger partial charge in [0.05, 0.1) is 11.6 Å². The maximum absolute atomic E-state index is 6.19. The number of nitrogens with one attached hydrogen (secondary N) is 1. The molecule has 0 saturated heterocycles. The summed E-state index contributed by atoms with van der Waals surface area (Å²) in [6.07, 6.45) is 0. The fourth-order valence-electron chi connectivity index (χ4n) is 2.04. The number of halogens is 1. The van der Waals surface area contributed by atoms with Crippen molar-refractivity contribution in [3.63, 3.8) is 0 Å². The van der Waals surface area contributed by atoms with Crippen LogP contribution in [0.15, 0.2) is 53.4 Å². The van der Waals surface area contributed by atoms with E-state index in [2.05, 4.69) is 23.5 Å². The summed E-state index contributed by atoms with van der Waals surface area (Å²) < 4.78 is 5.48. The molecule has 2 nitrogen and oxygen atoms in total. The summed E-state index contributed by atoms with van der Waals surface area (Å²) in [5.74, 6) is 1.84. The fourth-order valence-corrected chi connectivity index (χ4v) is 3.43. The van der Waals surface area contributed by atoms with Crippen molar-refractivity contribution in [3.05, 3.63) is 59.1 Å². The highest BCUT2D eigenvalue weighted by atomic mass is 35.5. The van der Waals surface area contributed by atoms with E-state index in [1.807, 2.05) is 44.3 Å². The van der Waals surface area contributed by atoms with Crippen molar-refractivity contribution >= 4 is 23.4 Å². The molecule has 21 heavy (non-hydrogen) atoms. The van der Waals surface area contributed by atoms with Gasteiger partial charge in [0.25, 0.3) is 0 Å². The van der Waals surface area contributed by atoms with Gasteiger partial charge in [0.1, 0.15) is 5.75 Å². The van der Waals surface area contributed by atoms with E-state index in [9.17, 15) is 0 Å². The van der Waals surface area contributed by atoms with Crippen LogP contribution in [0.4, 0.5) is 0 Å². The Hall–Kier alpha value is -1.16. The monoisotopic (exact) mass is 321 g/mol. The average molecular weight is 322 g/mol. The number of hydrogen-bond acceptors (Lipinski definition) is 3. The van der Waals surface area contributed by atoms with Crippen LogP contribution in [0.5, 0.6) is 5.75 Å². The standard InChI is InChI=1S/C17H20ClNOS/c1-3-20-14-10-8-13(9-11-14)16(19-2)12-21-17-7-5-4-6-15(17)18/h4-11,16,19H,3,12H2,1-2H3. The minimum Gasteiger partial charge on any atom is -0.494 e. The van der Waals surface area contributed by atoms with Gasteiger partial charge >= 0.3 is 0 Å². The van der Waals surface area contributed by atoms with Crippen molar-refractivity contribution in [1.29, 1.82) is 0 Å². The molecule has 0 spiro atoms. The van der Waals surface area contributed by atoms with Crippen LogP contribution in [0.2, 0.25) is 5.02 Å². The Kier molecular flexibility index (Phi) is 6.43. The zero-order valence-electron chi connectivity index (χ0n) is 12.3. The van der Waals surface area contributed by atoms with Crippen LogP contribution < -0.4 is 10.1 Å². The van der Waals surface area contributed by atoms with E-state index in [1.165, 1.54) is 5.56 Å². The van der Waals surface area contributed by atoms with Gasteiger partial charge in [-0.1, -0.05) is 35.9 Å². The molecule has 0 radical (unpaired) electrons. The fraction of sp³-hybridized carbons (Fsp3) is 0.294. The lowest BCUT2D eigenvalue weighted by atomic mass is 10.1. The van der Waals surface area contributed by atoms with E-state index in [0.29, 0.717) is 6.61 Å². The lowest BCUT2D eigenvalue weighted by molar-refractivity contribution is 0.340. The molecule has 2 rings (SSSR count). The van der Waals surface area contributed by atoms with Crippen molar-refractivity contribution in [2.24, 2.45) is 0 Å². The summed E-state index contributed by atoms with van der Waals surface area (Å²) in [6, 6.07) is 16.5. The van der Waals surface area contributed by atoms with Gasteiger partial charge in [-0.25, -0.2) is 0 Å². The van der Waals surface area contributed by atoms with Crippen molar-refractivity contribution in [2.75, 3.05) is 19.4 Å². The molecular formula is C17H20ClNOS. The molecule has 0 aliphatic rings. The molecule has 0 fully saturated rings. The van der Waals surface area contributed by atoms with Gasteiger partial charge in [-0.2, -0.15) is 0 Å². The first-order chi connectivity index (χ1) is 10.2. The SMILES string of the molecule is CCOc1ccc(C(CSc2ccccc2Cl)NC)cc1. The normalized spacial score (nSPS) is 12.1. The first-order valence-electron chi connectivity index (χ1n) is 7.02. The summed E-state index contributed by atoms with van der Waals surface area (Å²) in [5, 5.41) is 4.16. The van der Waals surface area contributed by atoms with E-state index >= 15 is 0 Å². The first kappa shape index (κ1) is 16.2. The Labute approximate surface area is 135 Å². The number of ether oxygens (including phenoxy) is 1. The highest BCUT2D eigenvalue weighted by molar-refractivity contribution is 7.99. The topological polar surface area (TPSA) is 21.3 Å². The second-order valence-corrected chi connectivity index (χ2v) is 6.05. The second-order valence-electron chi connectivity index (χ2n) is 4.58. The predicted octanol–water partition coefficient (Wildman–Crippen LogP) is 4.79. The third kappa shape index (κ3) is 4.67. The van der Waals surface area contributed by atoms with Crippen LogP contribution in [0.3, 0.4) is 0 Å². The van der Waals surface area contributed by atoms with Gasteiger partial charge in [0.2, 0.25) is 0 Å². The number of rotatable bonds is 7. The third-order valence-corrected chi connectivity index (χ3v) is 4.79. The number of benzene rings is 2. The summed E-state index contributed by atoms with van der Waals surface area (Å²) in [5.41, 5.74) is 1.25. The van der Waals surface area contributed by atoms with Gasteiger partial charge in [0, 0.05) is 16.7 Å². The number of thioether (sulfide) groups is 1. The van der Waals surface area contributed by atoms with Gasteiger partial charge in [-0.3, -0.25) is 0 Å². The quantitative estimate of drug-likeness (QED) is 0.741. The average Bonchev–Trinajstić information content (AvgIpc) is 2.51. The summed E-state index contributed by atoms with van der Waals surface area (Å²) in [6.45, 7) is 2.68. The van der Waals surface area contributed by atoms with E-state index < -0.39 is 0 Å². The van der Waals surface area contributed by atoms with E-state index in [1.54, 1.807) is 11.8 Å². The molecule has 0 aliphatic heterocycles. The highest BCUT2D eigenvalue weighted by Gasteiger charge is 2.11. The van der Waals surface area contributed by atoms with Crippen LogP contribution >= 0.6 is 23.4 Å². The second kappa shape index (κ2) is 8.32. The van der Waals surface area contributed by atoms with E-state index in [-0.39, 0.29) is 6.04 Å². The molecule has 0 aliphatic carbocycles. The Morgan fingerprint density at radius 1 is 1.14 bits per heavy atom. The van der Waals surface area contributed by atoms with Crippen molar-refractivity contribution in [2.45, 2.75) is 17.9 Å². The van der Waals surface area contributed by atoms with Crippen LogP contribution in [0.1, 0.15) is 18.5 Å². The van der Waals surface area contributed by atoms with Gasteiger partial charge in [-0.15, -0.1) is 11.8 Å². The Bertz CT molecular complexity index is 559. The lowest BCUT2D eigenvalue weighted by Crippen LogP contribution is -2.18. The minimum atomic E-state index is 0.280. The van der Waals surface area contributed by atoms with E-state index in [4.69, 9.17) is 16.3 Å². The van der Waals surface area contributed by atoms with Crippen LogP contribution in [-0.2, 0) is 0 Å². The van der Waals surface area contributed by atoms with Gasteiger partial charge in [-0.05, 0) is 43.8 Å². The maximum atomic E-state index is 6.19. The maximum Gasteiger partial charge on any atom is 0.119 e. The predicted molar refractivity (Wildman–Crippen MR) is 91.6 cm³/mol. The summed E-state index contributed by atoms with van der Waals surface area (Å²) >= 11 is 7.96. The first-order valence-corrected chi connectivity index (χ1v) is 8.38. The number of hydrogen-bond donors (Lipinski definition) is 1. The van der Waals surface area contributed by atoms with Gasteiger partial charge < -0.3 is 10.1 Å². The zero-order valence-corrected chi connectivity index (χ0v) is 13.9. The molecule has 1 atom stereocenters. The molecule has 0 amide bonds. The summed E-state index contributed by atoms with van der Waals surface area (Å²) in [7, 11) is 1.98. The largest absolute Gasteiger partial charge is 0.494 e. The van der Waals surface area contributed by atoms with Crippen LogP contribution in [0.25, 0.3) is 0 Å². The molecule has 4 heteroatoms. The van der Waals surface area contributed by atoms with Crippen LogP contribution in [0, 0.1) is 0 Å². The van der Waals surface area contributed by atoms with Crippen LogP contribution in [-0.4, -0.2) is 19.4 Å². The molecule has 0 bridgehead atoms. The van der Waals surface area contributed by atoms with Crippen molar-refractivity contribution in [1.82, 2.24) is 5.32 Å². The molecule has 0 saturated carbocycles. The zero-order chi connectivity index (χ0) is 15.1. The molecule has 2 aromatic carbocycles. The Balaban J connectivity index is 2.01. The van der Waals surface area contributed by atoms with Crippen molar-refractivity contribution < 1.29 is 4.74 Å². The summed E-state index contributed by atoms with van der Waals surface area (Å²) in [4.78, 5) is 1.12. The smallest absolute Gasteiger partial charge is 0.119 e. The molecule has 0 heterocycles. The van der Waals surface area contributed by atoms with E-state index in [0.717, 1.165) is 21.4 Å².